The maximum atomic E-state index is 12.8. The zero-order valence-corrected chi connectivity index (χ0v) is 15.9. The fourth-order valence-electron chi connectivity index (χ4n) is 3.29. The molecule has 1 unspecified atom stereocenters. The number of amides is 2. The number of urea groups is 1. The first-order valence-corrected chi connectivity index (χ1v) is 9.44. The highest BCUT2D eigenvalue weighted by molar-refractivity contribution is 5.89. The quantitative estimate of drug-likeness (QED) is 0.745. The predicted molar refractivity (Wildman–Crippen MR) is 102 cm³/mol. The van der Waals surface area contributed by atoms with Gasteiger partial charge in [0.25, 0.3) is 0 Å². The summed E-state index contributed by atoms with van der Waals surface area (Å²) >= 11 is 0. The highest BCUT2D eigenvalue weighted by Crippen LogP contribution is 2.27. The minimum absolute atomic E-state index is 0.0721. The average molecular weight is 381 g/mol. The Morgan fingerprint density at radius 1 is 1.29 bits per heavy atom. The van der Waals surface area contributed by atoms with Crippen LogP contribution in [0.2, 0.25) is 0 Å². The summed E-state index contributed by atoms with van der Waals surface area (Å²) < 4.78 is 7.22. The van der Waals surface area contributed by atoms with Gasteiger partial charge in [-0.1, -0.05) is 25.1 Å². The molecule has 0 spiro atoms. The van der Waals surface area contributed by atoms with Crippen LogP contribution in [0.5, 0.6) is 0 Å². The number of carbonyl (C=O) groups is 1. The van der Waals surface area contributed by atoms with E-state index in [-0.39, 0.29) is 17.9 Å². The van der Waals surface area contributed by atoms with E-state index in [0.717, 1.165) is 24.2 Å². The Labute approximate surface area is 162 Å². The molecular formula is C19H23N7O2. The van der Waals surface area contributed by atoms with E-state index in [2.05, 4.69) is 25.7 Å². The summed E-state index contributed by atoms with van der Waals surface area (Å²) in [5, 5.41) is 14.6. The lowest BCUT2D eigenvalue weighted by atomic mass is 9.98. The van der Waals surface area contributed by atoms with Crippen molar-refractivity contribution in [3.05, 3.63) is 48.6 Å². The summed E-state index contributed by atoms with van der Waals surface area (Å²) in [6.07, 6.45) is 5.07. The zero-order chi connectivity index (χ0) is 19.5. The molecule has 28 heavy (non-hydrogen) atoms. The Kier molecular flexibility index (Phi) is 5.05. The molecule has 0 aliphatic carbocycles. The van der Waals surface area contributed by atoms with Crippen LogP contribution in [0.4, 0.5) is 10.5 Å². The van der Waals surface area contributed by atoms with Crippen molar-refractivity contribution in [3.8, 4) is 5.69 Å². The van der Waals surface area contributed by atoms with Gasteiger partial charge in [0.05, 0.1) is 11.6 Å². The molecule has 1 aliphatic heterocycles. The van der Waals surface area contributed by atoms with Gasteiger partial charge in [0.15, 0.2) is 5.82 Å². The largest absolute Gasteiger partial charge is 0.339 e. The van der Waals surface area contributed by atoms with Crippen LogP contribution in [0.15, 0.2) is 41.4 Å². The number of aromatic nitrogens is 5. The number of nitrogens with zero attached hydrogens (tertiary/aromatic N) is 6. The van der Waals surface area contributed by atoms with Crippen LogP contribution in [0, 0.1) is 0 Å². The SMILES string of the molecule is CC(C)c1noc(C2CCCN(C(=O)Nc3cccc(-n4cnnc4)c3)C2)n1. The maximum Gasteiger partial charge on any atom is 0.321 e. The minimum atomic E-state index is -0.130. The molecule has 2 aromatic heterocycles. The van der Waals surface area contributed by atoms with Crippen molar-refractivity contribution in [1.82, 2.24) is 29.8 Å². The molecule has 1 aliphatic rings. The number of benzene rings is 1. The number of anilines is 1. The standard InChI is InChI=1S/C19H23N7O2/c1-13(2)17-23-18(28-24-17)14-5-4-8-25(10-14)19(27)22-15-6-3-7-16(9-15)26-11-20-21-12-26/h3,6-7,9,11-14H,4-5,8,10H2,1-2H3,(H,22,27). The summed E-state index contributed by atoms with van der Waals surface area (Å²) in [5.74, 6) is 1.62. The Balaban J connectivity index is 1.42. The summed E-state index contributed by atoms with van der Waals surface area (Å²) in [6.45, 7) is 5.34. The number of nitrogens with one attached hydrogen (secondary N) is 1. The Morgan fingerprint density at radius 3 is 2.86 bits per heavy atom. The molecule has 1 aromatic carbocycles. The van der Waals surface area contributed by atoms with E-state index in [1.807, 2.05) is 38.1 Å². The Hall–Kier alpha value is -3.23. The van der Waals surface area contributed by atoms with E-state index in [9.17, 15) is 4.79 Å². The van der Waals surface area contributed by atoms with Gasteiger partial charge in [0.2, 0.25) is 5.89 Å². The summed E-state index contributed by atoms with van der Waals surface area (Å²) in [7, 11) is 0. The molecule has 3 aromatic rings. The number of likely N-dealkylation sites (tertiary alicyclic amines) is 1. The highest BCUT2D eigenvalue weighted by Gasteiger charge is 2.29. The maximum absolute atomic E-state index is 12.8. The number of hydrogen-bond acceptors (Lipinski definition) is 6. The normalized spacial score (nSPS) is 17.1. The first kappa shape index (κ1) is 18.1. The van der Waals surface area contributed by atoms with E-state index in [1.165, 1.54) is 0 Å². The van der Waals surface area contributed by atoms with Gasteiger partial charge >= 0.3 is 6.03 Å². The lowest BCUT2D eigenvalue weighted by Gasteiger charge is -2.31. The van der Waals surface area contributed by atoms with Crippen LogP contribution in [0.3, 0.4) is 0 Å². The lowest BCUT2D eigenvalue weighted by molar-refractivity contribution is 0.184. The number of carbonyl (C=O) groups excluding carboxylic acids is 1. The molecule has 0 saturated carbocycles. The zero-order valence-electron chi connectivity index (χ0n) is 15.9. The third-order valence-electron chi connectivity index (χ3n) is 4.85. The molecular weight excluding hydrogens is 358 g/mol. The first-order chi connectivity index (χ1) is 13.6. The molecule has 9 nitrogen and oxygen atoms in total. The van der Waals surface area contributed by atoms with E-state index in [1.54, 1.807) is 22.1 Å². The molecule has 0 bridgehead atoms. The third-order valence-corrected chi connectivity index (χ3v) is 4.85. The third kappa shape index (κ3) is 3.88. The summed E-state index contributed by atoms with van der Waals surface area (Å²) in [4.78, 5) is 19.1. The van der Waals surface area contributed by atoms with Crippen molar-refractivity contribution < 1.29 is 9.32 Å². The molecule has 146 valence electrons. The monoisotopic (exact) mass is 381 g/mol. The fourth-order valence-corrected chi connectivity index (χ4v) is 3.29. The van der Waals surface area contributed by atoms with E-state index in [0.29, 0.717) is 24.8 Å². The Bertz CT molecular complexity index is 935. The second-order valence-corrected chi connectivity index (χ2v) is 7.28. The van der Waals surface area contributed by atoms with Crippen LogP contribution in [0.25, 0.3) is 5.69 Å². The van der Waals surface area contributed by atoms with Gasteiger partial charge in [-0.15, -0.1) is 10.2 Å². The van der Waals surface area contributed by atoms with Crippen molar-refractivity contribution in [2.75, 3.05) is 18.4 Å². The minimum Gasteiger partial charge on any atom is -0.339 e. The van der Waals surface area contributed by atoms with Crippen LogP contribution in [0.1, 0.15) is 50.2 Å². The molecule has 9 heteroatoms. The van der Waals surface area contributed by atoms with E-state index >= 15 is 0 Å². The van der Waals surface area contributed by atoms with Crippen molar-refractivity contribution >= 4 is 11.7 Å². The van der Waals surface area contributed by atoms with Crippen LogP contribution < -0.4 is 5.32 Å². The molecule has 1 N–H and O–H groups in total. The van der Waals surface area contributed by atoms with Gasteiger partial charge < -0.3 is 14.7 Å². The van der Waals surface area contributed by atoms with Crippen LogP contribution >= 0.6 is 0 Å². The van der Waals surface area contributed by atoms with Gasteiger partial charge in [0.1, 0.15) is 12.7 Å². The summed E-state index contributed by atoms with van der Waals surface area (Å²) in [6, 6.07) is 7.43. The molecule has 0 radical (unpaired) electrons. The van der Waals surface area contributed by atoms with Gasteiger partial charge in [-0.25, -0.2) is 4.79 Å². The number of piperidine rings is 1. The fraction of sp³-hybridized carbons (Fsp3) is 0.421. The van der Waals surface area contributed by atoms with Crippen LogP contribution in [-0.2, 0) is 0 Å². The predicted octanol–water partition coefficient (Wildman–Crippen LogP) is 3.19. The molecule has 1 saturated heterocycles. The van der Waals surface area contributed by atoms with E-state index in [4.69, 9.17) is 4.52 Å². The molecule has 2 amide bonds. The van der Waals surface area contributed by atoms with Gasteiger partial charge in [0, 0.05) is 24.7 Å². The van der Waals surface area contributed by atoms with E-state index < -0.39 is 0 Å². The second-order valence-electron chi connectivity index (χ2n) is 7.28. The second kappa shape index (κ2) is 7.79. The van der Waals surface area contributed by atoms with Crippen LogP contribution in [-0.4, -0.2) is 48.9 Å². The van der Waals surface area contributed by atoms with Gasteiger partial charge in [-0.3, -0.25) is 4.57 Å². The number of hydrogen-bond donors (Lipinski definition) is 1. The van der Waals surface area contributed by atoms with Crippen molar-refractivity contribution in [3.63, 3.8) is 0 Å². The smallest absolute Gasteiger partial charge is 0.321 e. The lowest BCUT2D eigenvalue weighted by Crippen LogP contribution is -2.41. The Morgan fingerprint density at radius 2 is 2.11 bits per heavy atom. The van der Waals surface area contributed by atoms with Crippen molar-refractivity contribution in [2.45, 2.75) is 38.5 Å². The molecule has 4 rings (SSSR count). The average Bonchev–Trinajstić information content (AvgIpc) is 3.40. The highest BCUT2D eigenvalue weighted by atomic mass is 16.5. The summed E-state index contributed by atoms with van der Waals surface area (Å²) in [5.41, 5.74) is 1.60. The first-order valence-electron chi connectivity index (χ1n) is 9.44. The van der Waals surface area contributed by atoms with Gasteiger partial charge in [-0.05, 0) is 31.0 Å². The molecule has 1 atom stereocenters. The molecule has 1 fully saturated rings. The van der Waals surface area contributed by atoms with Gasteiger partial charge in [-0.2, -0.15) is 4.98 Å². The number of rotatable bonds is 4. The molecule has 3 heterocycles. The van der Waals surface area contributed by atoms with Crippen molar-refractivity contribution in [1.29, 1.82) is 0 Å². The van der Waals surface area contributed by atoms with Crippen molar-refractivity contribution in [2.24, 2.45) is 0 Å². The topological polar surface area (TPSA) is 102 Å².